The first kappa shape index (κ1) is 27.8. The molecule has 2 aromatic carbocycles. The average Bonchev–Trinajstić information content (AvgIpc) is 3.38. The first-order chi connectivity index (χ1) is 19.4. The fraction of sp³-hybridized carbons (Fsp3) is 0.367. The number of piperazine rings is 1. The number of amides is 1. The van der Waals surface area contributed by atoms with E-state index in [4.69, 9.17) is 19.2 Å². The highest BCUT2D eigenvalue weighted by molar-refractivity contribution is 8.16. The minimum Gasteiger partial charge on any atom is -0.497 e. The maximum absolute atomic E-state index is 13.7. The summed E-state index contributed by atoms with van der Waals surface area (Å²) in [6.07, 6.45) is 0.196. The van der Waals surface area contributed by atoms with Crippen LogP contribution in [-0.4, -0.2) is 85.8 Å². The van der Waals surface area contributed by atoms with Gasteiger partial charge in [0.1, 0.15) is 11.5 Å². The van der Waals surface area contributed by atoms with Gasteiger partial charge < -0.3 is 28.9 Å². The van der Waals surface area contributed by atoms with Crippen LogP contribution in [0.15, 0.2) is 70.2 Å². The fourth-order valence-electron chi connectivity index (χ4n) is 5.15. The Labute approximate surface area is 239 Å². The smallest absolute Gasteiger partial charge is 0.338 e. The third-order valence-electron chi connectivity index (χ3n) is 7.28. The molecule has 1 atom stereocenters. The van der Waals surface area contributed by atoms with Gasteiger partial charge in [0.25, 0.3) is 0 Å². The average molecular weight is 563 g/mol. The van der Waals surface area contributed by atoms with Crippen LogP contribution in [0.1, 0.15) is 30.5 Å². The van der Waals surface area contributed by atoms with E-state index in [0.717, 1.165) is 29.9 Å². The lowest BCUT2D eigenvalue weighted by Gasteiger charge is -2.38. The van der Waals surface area contributed by atoms with Gasteiger partial charge in [-0.15, -0.1) is 0 Å². The number of carbonyl (C=O) groups excluding carboxylic acids is 2. The van der Waals surface area contributed by atoms with Crippen molar-refractivity contribution in [2.75, 3.05) is 54.1 Å². The van der Waals surface area contributed by atoms with Crippen LogP contribution in [0.3, 0.4) is 0 Å². The predicted molar refractivity (Wildman–Crippen MR) is 156 cm³/mol. The van der Waals surface area contributed by atoms with Gasteiger partial charge in [0.15, 0.2) is 5.17 Å². The Kier molecular flexibility index (Phi) is 8.46. The number of methoxy groups -OCH3 is 2. The largest absolute Gasteiger partial charge is 0.497 e. The van der Waals surface area contributed by atoms with E-state index in [9.17, 15) is 9.59 Å². The number of ether oxygens (including phenoxy) is 3. The number of thioether (sulfide) groups is 1. The fourth-order valence-corrected chi connectivity index (χ4v) is 6.07. The minimum absolute atomic E-state index is 0.0529. The van der Waals surface area contributed by atoms with E-state index in [1.807, 2.05) is 57.7 Å². The maximum Gasteiger partial charge on any atom is 0.338 e. The predicted octanol–water partition coefficient (Wildman–Crippen LogP) is 4.14. The Morgan fingerprint density at radius 3 is 2.45 bits per heavy atom. The Bertz CT molecular complexity index is 1370. The van der Waals surface area contributed by atoms with E-state index in [1.165, 1.54) is 11.8 Å². The summed E-state index contributed by atoms with van der Waals surface area (Å²) in [5, 5.41) is 2.66. The lowest BCUT2D eigenvalue weighted by atomic mass is 9.90. The summed E-state index contributed by atoms with van der Waals surface area (Å²) in [5.74, 6) is 0.777. The van der Waals surface area contributed by atoms with Gasteiger partial charge >= 0.3 is 5.97 Å². The molecule has 0 saturated carbocycles. The van der Waals surface area contributed by atoms with Crippen molar-refractivity contribution < 1.29 is 23.8 Å². The quantitative estimate of drug-likeness (QED) is 0.444. The molecule has 0 N–H and O–H groups in total. The van der Waals surface area contributed by atoms with Crippen molar-refractivity contribution in [1.29, 1.82) is 0 Å². The molecule has 0 radical (unpaired) electrons. The molecule has 40 heavy (non-hydrogen) atoms. The Balaban J connectivity index is 1.63. The second-order valence-corrected chi connectivity index (χ2v) is 10.5. The number of rotatable bonds is 8. The van der Waals surface area contributed by atoms with E-state index >= 15 is 0 Å². The lowest BCUT2D eigenvalue weighted by molar-refractivity contribution is -0.139. The Morgan fingerprint density at radius 2 is 1.77 bits per heavy atom. The summed E-state index contributed by atoms with van der Waals surface area (Å²) in [5.41, 5.74) is 3.26. The molecule has 9 nitrogen and oxygen atoms in total. The number of hydrogen-bond donors (Lipinski definition) is 0. The first-order valence-corrected chi connectivity index (χ1v) is 14.2. The number of likely N-dealkylation sites (N-methyl/N-ethyl adjacent to an activating group) is 1. The van der Waals surface area contributed by atoms with Gasteiger partial charge in [-0.3, -0.25) is 4.79 Å². The highest BCUT2D eigenvalue weighted by Gasteiger charge is 2.43. The molecule has 5 rings (SSSR count). The van der Waals surface area contributed by atoms with Crippen LogP contribution in [0.2, 0.25) is 0 Å². The van der Waals surface area contributed by atoms with E-state index in [1.54, 1.807) is 27.2 Å². The van der Waals surface area contributed by atoms with Gasteiger partial charge in [0.05, 0.1) is 44.6 Å². The van der Waals surface area contributed by atoms with Gasteiger partial charge in [-0.25, -0.2) is 9.79 Å². The van der Waals surface area contributed by atoms with Crippen molar-refractivity contribution in [2.24, 2.45) is 4.99 Å². The number of aliphatic imine (C=N–C) groups is 1. The molecule has 0 spiro atoms. The van der Waals surface area contributed by atoms with Crippen molar-refractivity contribution in [3.63, 3.8) is 0 Å². The van der Waals surface area contributed by atoms with E-state index < -0.39 is 12.0 Å². The Hall–Kier alpha value is -3.76. The number of amidine groups is 1. The van der Waals surface area contributed by atoms with Crippen LogP contribution in [0.4, 0.5) is 0 Å². The van der Waals surface area contributed by atoms with Gasteiger partial charge in [-0.05, 0) is 31.5 Å². The normalized spacial score (nSPS) is 19.1. The molecule has 2 aromatic rings. The summed E-state index contributed by atoms with van der Waals surface area (Å²) in [6.45, 7) is 5.08. The van der Waals surface area contributed by atoms with Gasteiger partial charge in [-0.1, -0.05) is 42.1 Å². The lowest BCUT2D eigenvalue weighted by Crippen LogP contribution is -2.47. The molecule has 3 heterocycles. The summed E-state index contributed by atoms with van der Waals surface area (Å²) in [4.78, 5) is 38.3. The molecule has 1 unspecified atom stereocenters. The van der Waals surface area contributed by atoms with Crippen LogP contribution in [0, 0.1) is 0 Å². The zero-order valence-electron chi connectivity index (χ0n) is 23.3. The van der Waals surface area contributed by atoms with Crippen LogP contribution >= 0.6 is 11.8 Å². The van der Waals surface area contributed by atoms with Crippen LogP contribution < -0.4 is 9.47 Å². The van der Waals surface area contributed by atoms with Crippen LogP contribution in [-0.2, 0) is 14.3 Å². The second-order valence-electron chi connectivity index (χ2n) is 9.71. The number of nitrogens with zero attached hydrogens (tertiary/aromatic N) is 4. The molecular formula is C30H34N4O5S. The third kappa shape index (κ3) is 5.46. The van der Waals surface area contributed by atoms with E-state index in [0.29, 0.717) is 41.0 Å². The van der Waals surface area contributed by atoms with Gasteiger partial charge in [0, 0.05) is 49.1 Å². The second kappa shape index (κ2) is 12.2. The molecule has 10 heteroatoms. The standard InChI is InChI=1S/C30H34N4O5S/c1-5-39-29(36)26-27(20-9-7-6-8-10-20)31-30-34(28(26)23-12-11-22(37-3)18-24(23)38-4)21(19-40-30)17-25(35)33-15-13-32(2)14-16-33/h6-12,18-19,28H,5,13-17H2,1-4H3. The van der Waals surface area contributed by atoms with Crippen molar-refractivity contribution in [3.05, 3.63) is 76.3 Å². The highest BCUT2D eigenvalue weighted by atomic mass is 32.2. The zero-order valence-corrected chi connectivity index (χ0v) is 24.1. The molecule has 1 saturated heterocycles. The molecule has 1 fully saturated rings. The summed E-state index contributed by atoms with van der Waals surface area (Å²) < 4.78 is 16.9. The number of benzene rings is 2. The SMILES string of the molecule is CCOC(=O)C1=C(c2ccccc2)N=C2SC=C(CC(=O)N3CCN(C)CC3)N2C1c1ccc(OC)cc1OC. The molecule has 210 valence electrons. The number of fused-ring (bicyclic) bond motifs is 1. The highest BCUT2D eigenvalue weighted by Crippen LogP contribution is 2.49. The molecule has 3 aliphatic rings. The topological polar surface area (TPSA) is 83.9 Å². The number of carbonyl (C=O) groups is 2. The van der Waals surface area contributed by atoms with Gasteiger partial charge in [-0.2, -0.15) is 0 Å². The van der Waals surface area contributed by atoms with E-state index in [2.05, 4.69) is 11.9 Å². The third-order valence-corrected chi connectivity index (χ3v) is 8.16. The summed E-state index contributed by atoms with van der Waals surface area (Å²) in [7, 11) is 5.25. The zero-order chi connectivity index (χ0) is 28.2. The molecule has 1 amide bonds. The monoisotopic (exact) mass is 562 g/mol. The van der Waals surface area contributed by atoms with Crippen molar-refractivity contribution >= 4 is 34.5 Å². The number of hydrogen-bond acceptors (Lipinski definition) is 9. The first-order valence-electron chi connectivity index (χ1n) is 13.3. The van der Waals surface area contributed by atoms with Crippen LogP contribution in [0.25, 0.3) is 5.70 Å². The maximum atomic E-state index is 13.7. The molecule has 0 bridgehead atoms. The Morgan fingerprint density at radius 1 is 1.02 bits per heavy atom. The van der Waals surface area contributed by atoms with Crippen molar-refractivity contribution in [2.45, 2.75) is 19.4 Å². The summed E-state index contributed by atoms with van der Waals surface area (Å²) >= 11 is 1.45. The number of esters is 1. The molecular weight excluding hydrogens is 528 g/mol. The van der Waals surface area contributed by atoms with Gasteiger partial charge in [0.2, 0.25) is 5.91 Å². The summed E-state index contributed by atoms with van der Waals surface area (Å²) in [6, 6.07) is 14.5. The van der Waals surface area contributed by atoms with Crippen molar-refractivity contribution in [1.82, 2.24) is 14.7 Å². The minimum atomic E-state index is -0.635. The van der Waals surface area contributed by atoms with Crippen molar-refractivity contribution in [3.8, 4) is 11.5 Å². The molecule has 0 aromatic heterocycles. The van der Waals surface area contributed by atoms with Crippen LogP contribution in [0.5, 0.6) is 11.5 Å². The van der Waals surface area contributed by atoms with E-state index in [-0.39, 0.29) is 18.9 Å². The molecule has 0 aliphatic carbocycles. The molecule has 3 aliphatic heterocycles.